The number of halogens is 1. The van der Waals surface area contributed by atoms with Gasteiger partial charge >= 0.3 is 5.97 Å². The number of amides is 1. The molecule has 0 spiro atoms. The third-order valence-electron chi connectivity index (χ3n) is 5.74. The number of nitrogens with zero attached hydrogens (tertiary/aromatic N) is 2. The summed E-state index contributed by atoms with van der Waals surface area (Å²) >= 11 is 5.95. The number of esters is 1. The zero-order chi connectivity index (χ0) is 25.9. The number of carbonyl (C=O) groups excluding carboxylic acids is 2. The predicted octanol–water partition coefficient (Wildman–Crippen LogP) is 3.81. The molecule has 8 nitrogen and oxygen atoms in total. The monoisotopic (exact) mass is 528 g/mol. The highest BCUT2D eigenvalue weighted by atomic mass is 35.5. The van der Waals surface area contributed by atoms with E-state index in [4.69, 9.17) is 21.1 Å². The van der Waals surface area contributed by atoms with Crippen molar-refractivity contribution in [2.24, 2.45) is 0 Å². The van der Waals surface area contributed by atoms with E-state index in [1.165, 1.54) is 36.3 Å². The fourth-order valence-corrected chi connectivity index (χ4v) is 5.46. The van der Waals surface area contributed by atoms with Crippen LogP contribution in [0.2, 0.25) is 5.02 Å². The average molecular weight is 529 g/mol. The highest BCUT2D eigenvalue weighted by Crippen LogP contribution is 2.34. The fraction of sp³-hybridized carbons (Fsp3) is 0.231. The molecule has 1 atom stereocenters. The molecular weight excluding hydrogens is 504 g/mol. The van der Waals surface area contributed by atoms with E-state index < -0.39 is 34.5 Å². The molecule has 1 heterocycles. The van der Waals surface area contributed by atoms with Crippen LogP contribution < -0.4 is 9.64 Å². The van der Waals surface area contributed by atoms with Gasteiger partial charge in [-0.1, -0.05) is 53.6 Å². The maximum atomic E-state index is 13.6. The van der Waals surface area contributed by atoms with E-state index in [0.717, 1.165) is 15.4 Å². The van der Waals surface area contributed by atoms with Crippen LogP contribution in [0.1, 0.15) is 11.1 Å². The predicted molar refractivity (Wildman–Crippen MR) is 135 cm³/mol. The molecule has 1 aliphatic heterocycles. The van der Waals surface area contributed by atoms with Crippen molar-refractivity contribution in [3.8, 4) is 5.75 Å². The van der Waals surface area contributed by atoms with Crippen LogP contribution in [0.3, 0.4) is 0 Å². The zero-order valence-electron chi connectivity index (χ0n) is 19.8. The van der Waals surface area contributed by atoms with Crippen LogP contribution in [0.25, 0.3) is 0 Å². The average Bonchev–Trinajstić information content (AvgIpc) is 2.87. The molecule has 0 saturated carbocycles. The number of sulfonamides is 1. The SMILES string of the molecule is COC(=O)C1CN(C(=O)CN(Cc2cccc(C)c2)S(=O)(=O)c2ccc(Cl)cc2)c2ccccc2O1. The van der Waals surface area contributed by atoms with Gasteiger partial charge in [-0.05, 0) is 48.9 Å². The van der Waals surface area contributed by atoms with E-state index >= 15 is 0 Å². The largest absolute Gasteiger partial charge is 0.475 e. The molecule has 0 radical (unpaired) electrons. The lowest BCUT2D eigenvalue weighted by Gasteiger charge is -2.34. The molecule has 36 heavy (non-hydrogen) atoms. The van der Waals surface area contributed by atoms with Crippen LogP contribution in [0.4, 0.5) is 5.69 Å². The minimum absolute atomic E-state index is 0.0159. The van der Waals surface area contributed by atoms with Gasteiger partial charge in [0.2, 0.25) is 22.0 Å². The van der Waals surface area contributed by atoms with Gasteiger partial charge < -0.3 is 14.4 Å². The van der Waals surface area contributed by atoms with E-state index in [-0.39, 0.29) is 18.0 Å². The first-order chi connectivity index (χ1) is 17.2. The summed E-state index contributed by atoms with van der Waals surface area (Å²) in [5, 5.41) is 0.397. The minimum atomic E-state index is -4.07. The van der Waals surface area contributed by atoms with Gasteiger partial charge in [0, 0.05) is 11.6 Å². The van der Waals surface area contributed by atoms with Gasteiger partial charge in [-0.2, -0.15) is 4.31 Å². The van der Waals surface area contributed by atoms with Crippen LogP contribution in [0.15, 0.2) is 77.7 Å². The molecule has 10 heteroatoms. The lowest BCUT2D eigenvalue weighted by molar-refractivity contribution is -0.148. The number of hydrogen-bond donors (Lipinski definition) is 0. The Bertz CT molecular complexity index is 1380. The molecular formula is C26H25ClN2O6S. The van der Waals surface area contributed by atoms with Crippen LogP contribution in [-0.4, -0.2) is 50.9 Å². The summed E-state index contributed by atoms with van der Waals surface area (Å²) in [5.41, 5.74) is 2.14. The molecule has 0 aromatic heterocycles. The van der Waals surface area contributed by atoms with E-state index in [9.17, 15) is 18.0 Å². The third kappa shape index (κ3) is 5.53. The number of hydrogen-bond acceptors (Lipinski definition) is 6. The van der Waals surface area contributed by atoms with Crippen molar-refractivity contribution in [2.45, 2.75) is 24.5 Å². The number of methoxy groups -OCH3 is 1. The number of aryl methyl sites for hydroxylation is 1. The Morgan fingerprint density at radius 1 is 1.08 bits per heavy atom. The summed E-state index contributed by atoms with van der Waals surface area (Å²) in [7, 11) is -2.83. The number of benzene rings is 3. The lowest BCUT2D eigenvalue weighted by Crippen LogP contribution is -2.50. The molecule has 4 rings (SSSR count). The van der Waals surface area contributed by atoms with Crippen LogP contribution in [-0.2, 0) is 30.9 Å². The van der Waals surface area contributed by atoms with Crippen molar-refractivity contribution >= 4 is 39.2 Å². The number of ether oxygens (including phenoxy) is 2. The van der Waals surface area contributed by atoms with Crippen molar-refractivity contribution in [2.75, 3.05) is 25.1 Å². The number of anilines is 1. The second-order valence-electron chi connectivity index (χ2n) is 8.32. The zero-order valence-corrected chi connectivity index (χ0v) is 21.3. The first-order valence-corrected chi connectivity index (χ1v) is 13.0. The Labute approximate surface area is 215 Å². The van der Waals surface area contributed by atoms with Crippen molar-refractivity contribution in [1.82, 2.24) is 4.31 Å². The second kappa shape index (κ2) is 10.7. The van der Waals surface area contributed by atoms with E-state index in [0.29, 0.717) is 16.5 Å². The number of rotatable bonds is 7. The van der Waals surface area contributed by atoms with Gasteiger partial charge in [0.15, 0.2) is 0 Å². The van der Waals surface area contributed by atoms with Gasteiger partial charge in [-0.15, -0.1) is 0 Å². The van der Waals surface area contributed by atoms with Crippen molar-refractivity contribution in [3.05, 3.63) is 88.9 Å². The molecule has 3 aromatic carbocycles. The second-order valence-corrected chi connectivity index (χ2v) is 10.7. The number of carbonyl (C=O) groups is 2. The number of fused-ring (bicyclic) bond motifs is 1. The number of para-hydroxylation sites is 2. The fourth-order valence-electron chi connectivity index (χ4n) is 3.96. The summed E-state index contributed by atoms with van der Waals surface area (Å²) in [6.45, 7) is 1.32. The smallest absolute Gasteiger partial charge is 0.348 e. The maximum Gasteiger partial charge on any atom is 0.348 e. The summed E-state index contributed by atoms with van der Waals surface area (Å²) in [4.78, 5) is 27.2. The molecule has 0 fully saturated rings. The van der Waals surface area contributed by atoms with Gasteiger partial charge in [-0.25, -0.2) is 13.2 Å². The van der Waals surface area contributed by atoms with E-state index in [1.54, 1.807) is 30.3 Å². The van der Waals surface area contributed by atoms with Crippen molar-refractivity contribution < 1.29 is 27.5 Å². The van der Waals surface area contributed by atoms with Crippen LogP contribution >= 0.6 is 11.6 Å². The first kappa shape index (κ1) is 25.7. The van der Waals surface area contributed by atoms with E-state index in [2.05, 4.69) is 0 Å². The topological polar surface area (TPSA) is 93.2 Å². The van der Waals surface area contributed by atoms with Gasteiger partial charge in [0.05, 0.1) is 30.8 Å². The molecule has 0 saturated heterocycles. The Hall–Kier alpha value is -3.40. The molecule has 1 aliphatic rings. The first-order valence-electron chi connectivity index (χ1n) is 11.1. The van der Waals surface area contributed by atoms with Gasteiger partial charge in [0.25, 0.3) is 0 Å². The standard InChI is InChI=1S/C26H25ClN2O6S/c1-18-6-5-7-19(14-18)15-28(36(32,33)21-12-10-20(27)11-13-21)17-25(30)29-16-24(26(31)34-2)35-23-9-4-3-8-22(23)29/h3-14,24H,15-17H2,1-2H3. The summed E-state index contributed by atoms with van der Waals surface area (Å²) < 4.78 is 38.9. The summed E-state index contributed by atoms with van der Waals surface area (Å²) in [5.74, 6) is -0.809. The molecule has 0 aliphatic carbocycles. The quantitative estimate of drug-likeness (QED) is 0.433. The Morgan fingerprint density at radius 2 is 1.81 bits per heavy atom. The van der Waals surface area contributed by atoms with Gasteiger partial charge in [-0.3, -0.25) is 4.79 Å². The highest BCUT2D eigenvalue weighted by Gasteiger charge is 2.36. The maximum absolute atomic E-state index is 13.6. The van der Waals surface area contributed by atoms with E-state index in [1.807, 2.05) is 25.1 Å². The van der Waals surface area contributed by atoms with Crippen LogP contribution in [0, 0.1) is 6.92 Å². The molecule has 188 valence electrons. The Kier molecular flexibility index (Phi) is 7.63. The van der Waals surface area contributed by atoms with Crippen molar-refractivity contribution in [1.29, 1.82) is 0 Å². The normalized spacial score (nSPS) is 15.2. The van der Waals surface area contributed by atoms with Gasteiger partial charge in [0.1, 0.15) is 5.75 Å². The van der Waals surface area contributed by atoms with Crippen molar-refractivity contribution in [3.63, 3.8) is 0 Å². The minimum Gasteiger partial charge on any atom is -0.475 e. The molecule has 1 unspecified atom stereocenters. The highest BCUT2D eigenvalue weighted by molar-refractivity contribution is 7.89. The van der Waals surface area contributed by atoms with Crippen LogP contribution in [0.5, 0.6) is 5.75 Å². The molecule has 1 amide bonds. The molecule has 3 aromatic rings. The Morgan fingerprint density at radius 3 is 2.50 bits per heavy atom. The summed E-state index contributed by atoms with van der Waals surface area (Å²) in [6.07, 6.45) is -1.04. The summed E-state index contributed by atoms with van der Waals surface area (Å²) in [6, 6.07) is 20.0. The molecule has 0 bridgehead atoms. The lowest BCUT2D eigenvalue weighted by atomic mass is 10.1. The Balaban J connectivity index is 1.69. The third-order valence-corrected chi connectivity index (χ3v) is 7.80. The molecule has 0 N–H and O–H groups in total.